The predicted molar refractivity (Wildman–Crippen MR) is 89.5 cm³/mol. The summed E-state index contributed by atoms with van der Waals surface area (Å²) in [6.45, 7) is 0.582. The van der Waals surface area contributed by atoms with Crippen LogP contribution >= 0.6 is 11.8 Å². The summed E-state index contributed by atoms with van der Waals surface area (Å²) in [5.74, 6) is 1.20. The van der Waals surface area contributed by atoms with Crippen molar-refractivity contribution in [2.24, 2.45) is 0 Å². The predicted octanol–water partition coefficient (Wildman–Crippen LogP) is 0.950. The zero-order valence-electron chi connectivity index (χ0n) is 13.4. The standard InChI is InChI=1S/C16H22N2O4S/c1-21-13-6-4-3-5-12(13)9-17-14(19)15(20)18-10-16(22-2)7-8-23-11-16/h3-6H,7-11H2,1-2H3,(H,17,19)(H,18,20). The number of benzene rings is 1. The van der Waals surface area contributed by atoms with Crippen LogP contribution in [0.5, 0.6) is 5.75 Å². The minimum atomic E-state index is -0.659. The van der Waals surface area contributed by atoms with Crippen LogP contribution in [0.1, 0.15) is 12.0 Å². The van der Waals surface area contributed by atoms with E-state index in [1.807, 2.05) is 24.3 Å². The monoisotopic (exact) mass is 338 g/mol. The third-order valence-electron chi connectivity index (χ3n) is 3.91. The molecule has 126 valence electrons. The normalized spacial score (nSPS) is 20.1. The van der Waals surface area contributed by atoms with Gasteiger partial charge in [-0.2, -0.15) is 11.8 Å². The lowest BCUT2D eigenvalue weighted by atomic mass is 10.0. The summed E-state index contributed by atoms with van der Waals surface area (Å²) in [6.07, 6.45) is 0.872. The Bertz CT molecular complexity index is 559. The lowest BCUT2D eigenvalue weighted by Crippen LogP contribution is -2.48. The van der Waals surface area contributed by atoms with Crippen molar-refractivity contribution in [3.8, 4) is 5.75 Å². The Morgan fingerprint density at radius 2 is 1.96 bits per heavy atom. The van der Waals surface area contributed by atoms with E-state index in [-0.39, 0.29) is 12.1 Å². The Balaban J connectivity index is 1.82. The zero-order chi connectivity index (χ0) is 16.7. The van der Waals surface area contributed by atoms with Gasteiger partial charge in [0.05, 0.1) is 12.7 Å². The zero-order valence-corrected chi connectivity index (χ0v) is 14.2. The molecule has 1 aliphatic rings. The smallest absolute Gasteiger partial charge is 0.309 e. The van der Waals surface area contributed by atoms with Crippen LogP contribution in [-0.2, 0) is 20.9 Å². The highest BCUT2D eigenvalue weighted by atomic mass is 32.2. The van der Waals surface area contributed by atoms with Crippen molar-refractivity contribution in [1.29, 1.82) is 0 Å². The highest BCUT2D eigenvalue weighted by Gasteiger charge is 2.35. The van der Waals surface area contributed by atoms with E-state index in [2.05, 4.69) is 10.6 Å². The summed E-state index contributed by atoms with van der Waals surface area (Å²) < 4.78 is 10.7. The molecule has 0 spiro atoms. The Hall–Kier alpha value is -1.73. The average molecular weight is 338 g/mol. The largest absolute Gasteiger partial charge is 0.496 e. The second-order valence-electron chi connectivity index (χ2n) is 5.37. The Morgan fingerprint density at radius 1 is 1.22 bits per heavy atom. The van der Waals surface area contributed by atoms with Gasteiger partial charge in [-0.1, -0.05) is 18.2 Å². The van der Waals surface area contributed by atoms with Crippen LogP contribution in [0.4, 0.5) is 0 Å². The van der Waals surface area contributed by atoms with Crippen LogP contribution in [-0.4, -0.2) is 49.7 Å². The number of carbonyl (C=O) groups excluding carboxylic acids is 2. The second-order valence-corrected chi connectivity index (χ2v) is 6.47. The van der Waals surface area contributed by atoms with Crippen LogP contribution in [0.15, 0.2) is 24.3 Å². The molecule has 1 unspecified atom stereocenters. The Kier molecular flexibility index (Phi) is 6.29. The summed E-state index contributed by atoms with van der Waals surface area (Å²) in [6, 6.07) is 7.35. The quantitative estimate of drug-likeness (QED) is 0.755. The third-order valence-corrected chi connectivity index (χ3v) is 5.13. The molecule has 0 radical (unpaired) electrons. The molecule has 1 fully saturated rings. The van der Waals surface area contributed by atoms with Gasteiger partial charge in [-0.15, -0.1) is 0 Å². The van der Waals surface area contributed by atoms with Crippen molar-refractivity contribution >= 4 is 23.6 Å². The number of amides is 2. The molecule has 2 rings (SSSR count). The number of nitrogens with one attached hydrogen (secondary N) is 2. The van der Waals surface area contributed by atoms with Gasteiger partial charge in [-0.3, -0.25) is 9.59 Å². The molecule has 6 nitrogen and oxygen atoms in total. The summed E-state index contributed by atoms with van der Waals surface area (Å²) >= 11 is 1.79. The second kappa shape index (κ2) is 8.21. The van der Waals surface area contributed by atoms with E-state index < -0.39 is 11.8 Å². The van der Waals surface area contributed by atoms with Gasteiger partial charge in [0.15, 0.2) is 0 Å². The summed E-state index contributed by atoms with van der Waals surface area (Å²) in [4.78, 5) is 23.8. The molecule has 23 heavy (non-hydrogen) atoms. The van der Waals surface area contributed by atoms with Gasteiger partial charge in [-0.05, 0) is 18.2 Å². The first-order valence-electron chi connectivity index (χ1n) is 7.41. The van der Waals surface area contributed by atoms with Crippen molar-refractivity contribution in [3.63, 3.8) is 0 Å². The maximum absolute atomic E-state index is 11.9. The fraction of sp³-hybridized carbons (Fsp3) is 0.500. The topological polar surface area (TPSA) is 76.7 Å². The maximum Gasteiger partial charge on any atom is 0.309 e. The fourth-order valence-corrected chi connectivity index (χ4v) is 3.78. The van der Waals surface area contributed by atoms with E-state index in [4.69, 9.17) is 9.47 Å². The first-order valence-corrected chi connectivity index (χ1v) is 8.56. The third kappa shape index (κ3) is 4.62. The molecule has 1 saturated heterocycles. The first kappa shape index (κ1) is 17.6. The molecule has 2 N–H and O–H groups in total. The van der Waals surface area contributed by atoms with Gasteiger partial charge in [0, 0.05) is 31.5 Å². The lowest BCUT2D eigenvalue weighted by molar-refractivity contribution is -0.140. The van der Waals surface area contributed by atoms with Gasteiger partial charge in [0.2, 0.25) is 0 Å². The Labute approximate surface area is 140 Å². The summed E-state index contributed by atoms with van der Waals surface area (Å²) in [5, 5.41) is 5.26. The van der Waals surface area contributed by atoms with E-state index in [0.717, 1.165) is 23.5 Å². The number of ether oxygens (including phenoxy) is 2. The molecule has 0 saturated carbocycles. The molecule has 7 heteroatoms. The van der Waals surface area contributed by atoms with E-state index in [9.17, 15) is 9.59 Å². The highest BCUT2D eigenvalue weighted by molar-refractivity contribution is 7.99. The summed E-state index contributed by atoms with van der Waals surface area (Å²) in [7, 11) is 3.21. The minimum Gasteiger partial charge on any atom is -0.496 e. The molecule has 1 aromatic rings. The number of hydrogen-bond acceptors (Lipinski definition) is 5. The van der Waals surface area contributed by atoms with E-state index in [1.54, 1.807) is 26.0 Å². The van der Waals surface area contributed by atoms with E-state index in [0.29, 0.717) is 12.3 Å². The van der Waals surface area contributed by atoms with Crippen molar-refractivity contribution in [3.05, 3.63) is 29.8 Å². The lowest BCUT2D eigenvalue weighted by Gasteiger charge is -2.26. The van der Waals surface area contributed by atoms with Crippen LogP contribution in [0, 0.1) is 0 Å². The van der Waals surface area contributed by atoms with Crippen molar-refractivity contribution in [2.45, 2.75) is 18.6 Å². The van der Waals surface area contributed by atoms with E-state index in [1.165, 1.54) is 0 Å². The molecule has 0 bridgehead atoms. The molecule has 1 aromatic carbocycles. The van der Waals surface area contributed by atoms with Gasteiger partial charge >= 0.3 is 11.8 Å². The number of carbonyl (C=O) groups is 2. The highest BCUT2D eigenvalue weighted by Crippen LogP contribution is 2.30. The van der Waals surface area contributed by atoms with Gasteiger partial charge in [-0.25, -0.2) is 0 Å². The van der Waals surface area contributed by atoms with Crippen molar-refractivity contribution in [2.75, 3.05) is 32.3 Å². The SMILES string of the molecule is COc1ccccc1CNC(=O)C(=O)NCC1(OC)CCSC1. The van der Waals surface area contributed by atoms with E-state index >= 15 is 0 Å². The molecule has 1 aliphatic heterocycles. The van der Waals surface area contributed by atoms with Crippen LogP contribution in [0.2, 0.25) is 0 Å². The fourth-order valence-electron chi connectivity index (χ4n) is 2.39. The number of hydrogen-bond donors (Lipinski definition) is 2. The van der Waals surface area contributed by atoms with Gasteiger partial charge in [0.1, 0.15) is 5.75 Å². The molecular formula is C16H22N2O4S. The van der Waals surface area contributed by atoms with Crippen LogP contribution < -0.4 is 15.4 Å². The number of rotatable bonds is 6. The average Bonchev–Trinajstić information content (AvgIpc) is 3.07. The van der Waals surface area contributed by atoms with Gasteiger partial charge < -0.3 is 20.1 Å². The number of thioether (sulfide) groups is 1. The maximum atomic E-state index is 11.9. The number of para-hydroxylation sites is 1. The van der Waals surface area contributed by atoms with Crippen LogP contribution in [0.25, 0.3) is 0 Å². The van der Waals surface area contributed by atoms with Crippen molar-refractivity contribution < 1.29 is 19.1 Å². The summed E-state index contributed by atoms with van der Waals surface area (Å²) in [5.41, 5.74) is 0.459. The number of methoxy groups -OCH3 is 2. The molecule has 0 aliphatic carbocycles. The first-order chi connectivity index (χ1) is 11.1. The van der Waals surface area contributed by atoms with Crippen molar-refractivity contribution in [1.82, 2.24) is 10.6 Å². The van der Waals surface area contributed by atoms with Gasteiger partial charge in [0.25, 0.3) is 0 Å². The molecule has 1 heterocycles. The van der Waals surface area contributed by atoms with Crippen LogP contribution in [0.3, 0.4) is 0 Å². The molecular weight excluding hydrogens is 316 g/mol. The molecule has 0 aromatic heterocycles. The molecule has 1 atom stereocenters. The molecule has 2 amide bonds. The Morgan fingerprint density at radius 3 is 2.61 bits per heavy atom. The minimum absolute atomic E-state index is 0.238.